The maximum atomic E-state index is 13.0. The molecule has 1 saturated carbocycles. The van der Waals surface area contributed by atoms with Gasteiger partial charge in [-0.1, -0.05) is 0 Å². The Bertz CT molecular complexity index is 1390. The number of methoxy groups -OCH3 is 1. The van der Waals surface area contributed by atoms with Crippen LogP contribution in [0.5, 0.6) is 0 Å². The molecule has 1 unspecified atom stereocenters. The first kappa shape index (κ1) is 26.1. The van der Waals surface area contributed by atoms with Gasteiger partial charge < -0.3 is 24.7 Å². The van der Waals surface area contributed by atoms with Gasteiger partial charge in [-0.15, -0.1) is 0 Å². The minimum Gasteiger partial charge on any atom is -0.443 e. The summed E-state index contributed by atoms with van der Waals surface area (Å²) in [7, 11) is 3.14. The van der Waals surface area contributed by atoms with Crippen molar-refractivity contribution in [1.29, 1.82) is 0 Å². The molecule has 0 spiro atoms. The van der Waals surface area contributed by atoms with Gasteiger partial charge >= 0.3 is 6.09 Å². The second kappa shape index (κ2) is 9.85. The molecule has 2 amide bonds. The number of carbonyl (C=O) groups is 2. The van der Waals surface area contributed by atoms with Crippen molar-refractivity contribution in [2.75, 3.05) is 24.4 Å². The third-order valence-electron chi connectivity index (χ3n) is 5.85. The molecule has 12 heteroatoms. The maximum absolute atomic E-state index is 13.0. The third kappa shape index (κ3) is 5.58. The molecule has 0 aromatic carbocycles. The number of fused-ring (bicyclic) bond motifs is 1. The summed E-state index contributed by atoms with van der Waals surface area (Å²) in [6.45, 7) is 9.13. The molecule has 3 aromatic rings. The number of pyridine rings is 1. The summed E-state index contributed by atoms with van der Waals surface area (Å²) in [6.07, 6.45) is 3.19. The standard InChI is InChI=1S/C25H33N7O5/c1-14(2)31-10-8-9-16(23(31)34)27-19-12-20(30(6)24(35)37-25(3,4)5)32-21(29-19)15(13-26-32)22(33)28-17-11-18(17)36-7/h8-10,12-14,17-18H,11H2,1-7H3,(H,27,29)(H,28,33)/t17?,18-/m0/s1. The fourth-order valence-electron chi connectivity index (χ4n) is 3.81. The summed E-state index contributed by atoms with van der Waals surface area (Å²) in [4.78, 5) is 44.8. The topological polar surface area (TPSA) is 132 Å². The molecule has 0 aliphatic heterocycles. The van der Waals surface area contributed by atoms with Crippen LogP contribution < -0.4 is 21.1 Å². The summed E-state index contributed by atoms with van der Waals surface area (Å²) in [6, 6.07) is 4.85. The van der Waals surface area contributed by atoms with E-state index in [1.54, 1.807) is 56.8 Å². The number of amides is 2. The third-order valence-corrected chi connectivity index (χ3v) is 5.85. The lowest BCUT2D eigenvalue weighted by Crippen LogP contribution is -2.35. The number of hydrogen-bond acceptors (Lipinski definition) is 8. The van der Waals surface area contributed by atoms with Gasteiger partial charge in [-0.2, -0.15) is 9.61 Å². The van der Waals surface area contributed by atoms with E-state index in [-0.39, 0.29) is 46.7 Å². The monoisotopic (exact) mass is 511 g/mol. The van der Waals surface area contributed by atoms with Crippen molar-refractivity contribution in [3.05, 3.63) is 46.5 Å². The molecule has 37 heavy (non-hydrogen) atoms. The molecular formula is C25H33N7O5. The van der Waals surface area contributed by atoms with Crippen LogP contribution in [-0.4, -0.2) is 63.1 Å². The molecule has 0 saturated heterocycles. The van der Waals surface area contributed by atoms with E-state index in [4.69, 9.17) is 9.47 Å². The maximum Gasteiger partial charge on any atom is 0.415 e. The van der Waals surface area contributed by atoms with Crippen molar-refractivity contribution in [2.45, 2.75) is 64.8 Å². The molecular weight excluding hydrogens is 478 g/mol. The molecule has 198 valence electrons. The quantitative estimate of drug-likeness (QED) is 0.495. The molecule has 0 radical (unpaired) electrons. The Morgan fingerprint density at radius 1 is 1.27 bits per heavy atom. The first-order valence-electron chi connectivity index (χ1n) is 12.1. The number of rotatable bonds is 7. The van der Waals surface area contributed by atoms with Crippen LogP contribution in [0.2, 0.25) is 0 Å². The van der Waals surface area contributed by atoms with Crippen LogP contribution in [0.4, 0.5) is 22.1 Å². The van der Waals surface area contributed by atoms with Gasteiger partial charge in [0.2, 0.25) is 0 Å². The van der Waals surface area contributed by atoms with E-state index < -0.39 is 11.7 Å². The van der Waals surface area contributed by atoms with Gasteiger partial charge in [0.15, 0.2) is 5.65 Å². The second-order valence-corrected chi connectivity index (χ2v) is 10.3. The van der Waals surface area contributed by atoms with Gasteiger partial charge in [-0.25, -0.2) is 9.78 Å². The van der Waals surface area contributed by atoms with Gasteiger partial charge in [0.1, 0.15) is 28.5 Å². The van der Waals surface area contributed by atoms with Crippen molar-refractivity contribution in [3.8, 4) is 0 Å². The van der Waals surface area contributed by atoms with Gasteiger partial charge in [0, 0.05) is 32.5 Å². The highest BCUT2D eigenvalue weighted by Crippen LogP contribution is 2.27. The van der Waals surface area contributed by atoms with Gasteiger partial charge in [0.25, 0.3) is 11.5 Å². The number of anilines is 3. The predicted octanol–water partition coefficient (Wildman–Crippen LogP) is 3.10. The van der Waals surface area contributed by atoms with E-state index in [1.165, 1.54) is 22.7 Å². The van der Waals surface area contributed by atoms with Crippen LogP contribution in [-0.2, 0) is 9.47 Å². The Morgan fingerprint density at radius 2 is 2.00 bits per heavy atom. The van der Waals surface area contributed by atoms with Crippen LogP contribution in [0.1, 0.15) is 57.4 Å². The summed E-state index contributed by atoms with van der Waals surface area (Å²) < 4.78 is 13.8. The summed E-state index contributed by atoms with van der Waals surface area (Å²) >= 11 is 0. The van der Waals surface area contributed by atoms with Gasteiger partial charge in [-0.05, 0) is 53.2 Å². The number of nitrogens with zero attached hydrogens (tertiary/aromatic N) is 5. The zero-order chi connectivity index (χ0) is 27.1. The lowest BCUT2D eigenvalue weighted by Gasteiger charge is -2.25. The van der Waals surface area contributed by atoms with Crippen LogP contribution in [0.15, 0.2) is 35.4 Å². The smallest absolute Gasteiger partial charge is 0.415 e. The molecule has 4 rings (SSSR count). The van der Waals surface area contributed by atoms with E-state index in [9.17, 15) is 14.4 Å². The molecule has 3 heterocycles. The average Bonchev–Trinajstić information content (AvgIpc) is 3.43. The van der Waals surface area contributed by atoms with Crippen LogP contribution >= 0.6 is 0 Å². The summed E-state index contributed by atoms with van der Waals surface area (Å²) in [5, 5.41) is 10.3. The Kier molecular flexibility index (Phi) is 6.96. The fraction of sp³-hybridized carbons (Fsp3) is 0.480. The zero-order valence-corrected chi connectivity index (χ0v) is 22.1. The van der Waals surface area contributed by atoms with E-state index in [2.05, 4.69) is 20.7 Å². The molecule has 3 aromatic heterocycles. The Hall–Kier alpha value is -3.93. The Balaban J connectivity index is 1.77. The summed E-state index contributed by atoms with van der Waals surface area (Å²) in [5.74, 6) is 0.186. The molecule has 2 N–H and O–H groups in total. The Labute approximate surface area is 214 Å². The van der Waals surface area contributed by atoms with Crippen LogP contribution in [0, 0.1) is 0 Å². The van der Waals surface area contributed by atoms with Crippen molar-refractivity contribution in [3.63, 3.8) is 0 Å². The van der Waals surface area contributed by atoms with E-state index in [1.807, 2.05) is 13.8 Å². The molecule has 1 aliphatic carbocycles. The minimum absolute atomic E-state index is 0.0222. The molecule has 1 fully saturated rings. The molecule has 12 nitrogen and oxygen atoms in total. The van der Waals surface area contributed by atoms with Crippen molar-refractivity contribution in [1.82, 2.24) is 24.5 Å². The van der Waals surface area contributed by atoms with Gasteiger partial charge in [0.05, 0.1) is 18.3 Å². The first-order chi connectivity index (χ1) is 17.4. The zero-order valence-electron chi connectivity index (χ0n) is 22.1. The van der Waals surface area contributed by atoms with Crippen LogP contribution in [0.3, 0.4) is 0 Å². The number of ether oxygens (including phenoxy) is 2. The molecule has 0 bridgehead atoms. The van der Waals surface area contributed by atoms with E-state index in [0.29, 0.717) is 11.5 Å². The van der Waals surface area contributed by atoms with E-state index >= 15 is 0 Å². The SMILES string of the molecule is CO[C@H]1CC1NC(=O)c1cnn2c(N(C)C(=O)OC(C)(C)C)cc(Nc3cccn(C(C)C)c3=O)nc12. The normalized spacial score (nSPS) is 17.1. The molecule has 1 aliphatic rings. The summed E-state index contributed by atoms with van der Waals surface area (Å²) in [5.41, 5.74) is -0.223. The number of aromatic nitrogens is 4. The van der Waals surface area contributed by atoms with Crippen molar-refractivity contribution >= 4 is 35.0 Å². The van der Waals surface area contributed by atoms with Gasteiger partial charge in [-0.3, -0.25) is 14.5 Å². The number of nitrogens with one attached hydrogen (secondary N) is 2. The molecule has 2 atom stereocenters. The highest BCUT2D eigenvalue weighted by atomic mass is 16.6. The highest BCUT2D eigenvalue weighted by molar-refractivity contribution is 6.01. The van der Waals surface area contributed by atoms with Crippen molar-refractivity contribution < 1.29 is 19.1 Å². The lowest BCUT2D eigenvalue weighted by molar-refractivity contribution is 0.0587. The first-order valence-corrected chi connectivity index (χ1v) is 12.1. The lowest BCUT2D eigenvalue weighted by atomic mass is 10.2. The predicted molar refractivity (Wildman–Crippen MR) is 139 cm³/mol. The fourth-order valence-corrected chi connectivity index (χ4v) is 3.81. The number of hydrogen-bond donors (Lipinski definition) is 2. The Morgan fingerprint density at radius 3 is 2.62 bits per heavy atom. The highest BCUT2D eigenvalue weighted by Gasteiger charge is 2.39. The average molecular weight is 512 g/mol. The number of carbonyl (C=O) groups excluding carboxylic acids is 2. The van der Waals surface area contributed by atoms with Crippen molar-refractivity contribution in [2.24, 2.45) is 0 Å². The second-order valence-electron chi connectivity index (χ2n) is 10.3. The largest absolute Gasteiger partial charge is 0.443 e. The minimum atomic E-state index is -0.720. The van der Waals surface area contributed by atoms with Crippen LogP contribution in [0.25, 0.3) is 5.65 Å². The van der Waals surface area contributed by atoms with E-state index in [0.717, 1.165) is 6.42 Å².